The molecule has 0 unspecified atom stereocenters. The number of aromatic hydroxyl groups is 2. The van der Waals surface area contributed by atoms with E-state index in [0.29, 0.717) is 0 Å². The van der Waals surface area contributed by atoms with Gasteiger partial charge in [-0.3, -0.25) is 0 Å². The van der Waals surface area contributed by atoms with Gasteiger partial charge in [0.05, 0.1) is 0 Å². The first-order valence-corrected chi connectivity index (χ1v) is 6.63. The van der Waals surface area contributed by atoms with E-state index < -0.39 is 0 Å². The average molecular weight is 313 g/mol. The van der Waals surface area contributed by atoms with Crippen molar-refractivity contribution in [1.82, 2.24) is 0 Å². The molecule has 0 aliphatic carbocycles. The van der Waals surface area contributed by atoms with E-state index in [1.54, 1.807) is 6.07 Å². The van der Waals surface area contributed by atoms with E-state index >= 15 is 0 Å². The Bertz CT molecular complexity index is 454. The molecule has 0 spiro atoms. The van der Waals surface area contributed by atoms with Gasteiger partial charge in [-0.2, -0.15) is 0 Å². The summed E-state index contributed by atoms with van der Waals surface area (Å²) in [6, 6.07) is 15.2. The number of benzene rings is 2. The van der Waals surface area contributed by atoms with Crippen LogP contribution in [0.3, 0.4) is 0 Å². The van der Waals surface area contributed by atoms with Crippen molar-refractivity contribution in [2.24, 2.45) is 0 Å². The van der Waals surface area contributed by atoms with Crippen LogP contribution in [0, 0.1) is 7.14 Å². The zero-order chi connectivity index (χ0) is 10.7. The monoisotopic (exact) mass is 313 g/mol. The molecule has 2 aromatic carbocycles. The van der Waals surface area contributed by atoms with Gasteiger partial charge in [-0.05, 0) is 0 Å². The molecule has 0 bridgehead atoms. The normalized spacial score (nSPS) is 10.4. The Hall–Kier alpha value is -1.23. The zero-order valence-corrected chi connectivity index (χ0v) is 10.0. The fourth-order valence-electron chi connectivity index (χ4n) is 1.16. The Morgan fingerprint density at radius 2 is 1.47 bits per heavy atom. The molecule has 2 aromatic rings. The molecule has 0 heterocycles. The average Bonchev–Trinajstić information content (AvgIpc) is 2.25. The van der Waals surface area contributed by atoms with Crippen molar-refractivity contribution in [3.8, 4) is 11.5 Å². The van der Waals surface area contributed by atoms with Gasteiger partial charge in [0.2, 0.25) is 0 Å². The molecule has 0 saturated heterocycles. The third kappa shape index (κ3) is 2.62. The SMILES string of the molecule is Oc1ccc([I-]c2ccccc2)cc1O. The zero-order valence-electron chi connectivity index (χ0n) is 7.89. The molecule has 0 amide bonds. The van der Waals surface area contributed by atoms with E-state index in [9.17, 15) is 10.2 Å². The predicted octanol–water partition coefficient (Wildman–Crippen LogP) is -0.774. The Balaban J connectivity index is 2.22. The first-order chi connectivity index (χ1) is 7.25. The number of phenols is 2. The summed E-state index contributed by atoms with van der Waals surface area (Å²) in [5.41, 5.74) is 0. The number of rotatable bonds is 2. The topological polar surface area (TPSA) is 40.5 Å². The van der Waals surface area contributed by atoms with E-state index in [1.807, 2.05) is 24.3 Å². The van der Waals surface area contributed by atoms with E-state index in [0.717, 1.165) is 3.57 Å². The van der Waals surface area contributed by atoms with Crippen LogP contribution in [0.15, 0.2) is 48.5 Å². The number of hydrogen-bond acceptors (Lipinski definition) is 2. The molecule has 0 fully saturated rings. The molecular weight excluding hydrogens is 303 g/mol. The number of halogens is 1. The molecule has 0 saturated carbocycles. The summed E-state index contributed by atoms with van der Waals surface area (Å²) in [6.07, 6.45) is 0. The molecular formula is C12H10IO2-. The van der Waals surface area contributed by atoms with Crippen LogP contribution in [-0.2, 0) is 0 Å². The third-order valence-electron chi connectivity index (χ3n) is 1.89. The molecule has 2 nitrogen and oxygen atoms in total. The minimum atomic E-state index is -0.272. The van der Waals surface area contributed by atoms with Crippen molar-refractivity contribution in [3.05, 3.63) is 55.7 Å². The van der Waals surface area contributed by atoms with Crippen LogP contribution in [0.1, 0.15) is 0 Å². The minimum absolute atomic E-state index is 0.0388. The molecule has 0 aliphatic heterocycles. The fraction of sp³-hybridized carbons (Fsp3) is 0. The van der Waals surface area contributed by atoms with Crippen LogP contribution < -0.4 is 21.2 Å². The van der Waals surface area contributed by atoms with Crippen molar-refractivity contribution in [1.29, 1.82) is 0 Å². The first kappa shape index (κ1) is 10.3. The van der Waals surface area contributed by atoms with Crippen molar-refractivity contribution in [2.45, 2.75) is 0 Å². The summed E-state index contributed by atoms with van der Waals surface area (Å²) in [5.74, 6) is -0.0982. The van der Waals surface area contributed by atoms with Crippen molar-refractivity contribution in [3.63, 3.8) is 0 Å². The summed E-state index contributed by atoms with van der Waals surface area (Å²) in [5, 5.41) is 18.5. The van der Waals surface area contributed by atoms with Gasteiger partial charge in [0, 0.05) is 0 Å². The summed E-state index contributed by atoms with van der Waals surface area (Å²) in [6.45, 7) is 0. The second kappa shape index (κ2) is 4.53. The van der Waals surface area contributed by atoms with Gasteiger partial charge in [-0.15, -0.1) is 0 Å². The second-order valence-electron chi connectivity index (χ2n) is 3.02. The van der Waals surface area contributed by atoms with Gasteiger partial charge in [0.1, 0.15) is 0 Å². The molecule has 78 valence electrons. The third-order valence-corrected chi connectivity index (χ3v) is 4.52. The van der Waals surface area contributed by atoms with Crippen LogP contribution in [0.5, 0.6) is 11.5 Å². The first-order valence-electron chi connectivity index (χ1n) is 4.47. The number of phenolic OH excluding ortho intramolecular Hbond substituents is 2. The summed E-state index contributed by atoms with van der Waals surface area (Å²) >= 11 is -0.272. The Morgan fingerprint density at radius 1 is 0.733 bits per heavy atom. The van der Waals surface area contributed by atoms with E-state index in [2.05, 4.69) is 12.1 Å². The van der Waals surface area contributed by atoms with Gasteiger partial charge in [-0.1, -0.05) is 0 Å². The Morgan fingerprint density at radius 3 is 2.13 bits per heavy atom. The standard InChI is InChI=1S/C12H10IO2/c14-11-7-6-10(8-12(11)15)13-9-4-2-1-3-5-9/h1-8,14-15H/q-1. The predicted molar refractivity (Wildman–Crippen MR) is 53.6 cm³/mol. The summed E-state index contributed by atoms with van der Waals surface area (Å²) in [7, 11) is 0. The molecule has 15 heavy (non-hydrogen) atoms. The molecule has 0 atom stereocenters. The maximum atomic E-state index is 9.35. The van der Waals surface area contributed by atoms with Gasteiger partial charge in [0.25, 0.3) is 0 Å². The van der Waals surface area contributed by atoms with Gasteiger partial charge < -0.3 is 0 Å². The van der Waals surface area contributed by atoms with Gasteiger partial charge >= 0.3 is 98.6 Å². The second-order valence-corrected chi connectivity index (χ2v) is 6.05. The Kier molecular flexibility index (Phi) is 3.11. The molecule has 0 radical (unpaired) electrons. The molecule has 3 heteroatoms. The quantitative estimate of drug-likeness (QED) is 0.564. The van der Waals surface area contributed by atoms with E-state index in [-0.39, 0.29) is 32.7 Å². The van der Waals surface area contributed by atoms with Crippen LogP contribution in [0.2, 0.25) is 0 Å². The van der Waals surface area contributed by atoms with Crippen LogP contribution in [0.4, 0.5) is 0 Å². The molecule has 0 aromatic heterocycles. The van der Waals surface area contributed by atoms with E-state index in [4.69, 9.17) is 0 Å². The van der Waals surface area contributed by atoms with Crippen molar-refractivity contribution in [2.75, 3.05) is 0 Å². The van der Waals surface area contributed by atoms with Crippen LogP contribution in [-0.4, -0.2) is 10.2 Å². The number of hydrogen-bond donors (Lipinski definition) is 2. The molecule has 2 N–H and O–H groups in total. The van der Waals surface area contributed by atoms with Crippen LogP contribution in [0.25, 0.3) is 0 Å². The molecule has 2 rings (SSSR count). The van der Waals surface area contributed by atoms with Crippen molar-refractivity contribution >= 4 is 0 Å². The van der Waals surface area contributed by atoms with Gasteiger partial charge in [-0.25, -0.2) is 0 Å². The molecule has 0 aliphatic rings. The summed E-state index contributed by atoms with van der Waals surface area (Å²) in [4.78, 5) is 0. The fourth-order valence-corrected chi connectivity index (χ4v) is 3.46. The van der Waals surface area contributed by atoms with Crippen molar-refractivity contribution < 1.29 is 31.4 Å². The van der Waals surface area contributed by atoms with Crippen LogP contribution >= 0.6 is 0 Å². The van der Waals surface area contributed by atoms with E-state index in [1.165, 1.54) is 9.64 Å². The summed E-state index contributed by atoms with van der Waals surface area (Å²) < 4.78 is 2.39. The Labute approximate surface area is 98.5 Å². The van der Waals surface area contributed by atoms with Gasteiger partial charge in [0.15, 0.2) is 0 Å². The maximum absolute atomic E-state index is 9.35.